The highest BCUT2D eigenvalue weighted by molar-refractivity contribution is 8.13. The number of rotatable bonds is 8. The fraction of sp³-hybridized carbons (Fsp3) is 0.238. The van der Waals surface area contributed by atoms with Gasteiger partial charge in [0.2, 0.25) is 5.91 Å². The molecule has 2 N–H and O–H groups in total. The Morgan fingerprint density at radius 1 is 1.12 bits per heavy atom. The zero-order valence-corrected chi connectivity index (χ0v) is 17.8. The number of aliphatic carboxylic acids is 1. The highest BCUT2D eigenvalue weighted by atomic mass is 32.2. The molecular weight excluding hydrogens is 448 g/mol. The zero-order valence-electron chi connectivity index (χ0n) is 17.0. The largest absolute Gasteiger partial charge is 0.480 e. The molecule has 0 spiro atoms. The molecule has 0 aliphatic carbocycles. The van der Waals surface area contributed by atoms with Crippen LogP contribution in [0.25, 0.3) is 11.1 Å². The Morgan fingerprint density at radius 3 is 2.44 bits per heavy atom. The van der Waals surface area contributed by atoms with Gasteiger partial charge in [-0.1, -0.05) is 6.07 Å². The van der Waals surface area contributed by atoms with Gasteiger partial charge in [-0.15, -0.1) is 0 Å². The molecule has 1 atom stereocenters. The SMILES string of the molecule is COC(=O)c1cc(-c2ccc(F)cc2F)ccc1OC(=O)SCCC(NC(C)=O)C(=O)O. The van der Waals surface area contributed by atoms with Gasteiger partial charge in [-0.05, 0) is 48.0 Å². The van der Waals surface area contributed by atoms with Crippen LogP contribution in [0.3, 0.4) is 0 Å². The van der Waals surface area contributed by atoms with Crippen LogP contribution < -0.4 is 10.1 Å². The van der Waals surface area contributed by atoms with Gasteiger partial charge in [0.05, 0.1) is 7.11 Å². The number of methoxy groups -OCH3 is 1. The second-order valence-electron chi connectivity index (χ2n) is 6.41. The van der Waals surface area contributed by atoms with Gasteiger partial charge in [-0.3, -0.25) is 4.79 Å². The minimum atomic E-state index is -1.24. The lowest BCUT2D eigenvalue weighted by Crippen LogP contribution is -2.40. The Morgan fingerprint density at radius 2 is 1.84 bits per heavy atom. The average Bonchev–Trinajstić information content (AvgIpc) is 2.72. The molecule has 0 aliphatic heterocycles. The third-order valence-corrected chi connectivity index (χ3v) is 4.88. The quantitative estimate of drug-likeness (QED) is 0.565. The van der Waals surface area contributed by atoms with E-state index < -0.39 is 40.8 Å². The number of hydrogen-bond acceptors (Lipinski definition) is 7. The normalized spacial score (nSPS) is 11.4. The molecular formula is C21H19F2NO7S. The zero-order chi connectivity index (χ0) is 23.8. The standard InChI is InChI=1S/C21H19F2NO7S/c1-11(25)24-17(19(26)27)7-8-32-21(29)31-18-6-3-12(9-15(18)20(28)30-2)14-5-4-13(22)10-16(14)23/h3-6,9-10,17H,7-8H2,1-2H3,(H,24,25)(H,26,27). The Balaban J connectivity index is 2.14. The molecule has 8 nitrogen and oxygen atoms in total. The number of esters is 1. The first kappa shape index (κ1) is 24.8. The number of ether oxygens (including phenoxy) is 2. The first-order chi connectivity index (χ1) is 15.1. The van der Waals surface area contributed by atoms with Crippen molar-refractivity contribution in [2.75, 3.05) is 12.9 Å². The Kier molecular flexibility index (Phi) is 8.71. The van der Waals surface area contributed by atoms with Crippen LogP contribution in [0.15, 0.2) is 36.4 Å². The van der Waals surface area contributed by atoms with Crippen molar-refractivity contribution in [3.63, 3.8) is 0 Å². The predicted octanol–water partition coefficient (Wildman–Crippen LogP) is 3.63. The van der Waals surface area contributed by atoms with E-state index in [0.29, 0.717) is 17.8 Å². The maximum Gasteiger partial charge on any atom is 0.372 e. The number of carboxylic acids is 1. The summed E-state index contributed by atoms with van der Waals surface area (Å²) in [4.78, 5) is 46.4. The lowest BCUT2D eigenvalue weighted by molar-refractivity contribution is -0.141. The van der Waals surface area contributed by atoms with E-state index in [2.05, 4.69) is 10.1 Å². The maximum absolute atomic E-state index is 14.1. The summed E-state index contributed by atoms with van der Waals surface area (Å²) in [5.41, 5.74) is 0.0979. The van der Waals surface area contributed by atoms with Gasteiger partial charge in [-0.25, -0.2) is 23.2 Å². The summed E-state index contributed by atoms with van der Waals surface area (Å²) in [6.07, 6.45) is -0.0404. The summed E-state index contributed by atoms with van der Waals surface area (Å²) in [5.74, 6) is -4.35. The summed E-state index contributed by atoms with van der Waals surface area (Å²) in [6, 6.07) is 5.69. The van der Waals surface area contributed by atoms with Crippen molar-refractivity contribution < 1.29 is 42.5 Å². The van der Waals surface area contributed by atoms with E-state index in [1.165, 1.54) is 31.2 Å². The molecule has 0 aliphatic rings. The number of carbonyl (C=O) groups is 4. The minimum absolute atomic E-state index is 0.0164. The number of carbonyl (C=O) groups excluding carboxylic acids is 3. The lowest BCUT2D eigenvalue weighted by Gasteiger charge is -2.13. The van der Waals surface area contributed by atoms with Gasteiger partial charge in [0, 0.05) is 24.3 Å². The number of carboxylic acid groups (broad SMARTS) is 1. The Hall–Kier alpha value is -3.47. The van der Waals surface area contributed by atoms with Crippen LogP contribution in [0.2, 0.25) is 0 Å². The molecule has 1 unspecified atom stereocenters. The van der Waals surface area contributed by atoms with Crippen LogP contribution >= 0.6 is 11.8 Å². The van der Waals surface area contributed by atoms with E-state index in [1.54, 1.807) is 0 Å². The third-order valence-electron chi connectivity index (χ3n) is 4.12. The average molecular weight is 467 g/mol. The molecule has 1 amide bonds. The van der Waals surface area contributed by atoms with Gasteiger partial charge < -0.3 is 19.9 Å². The summed E-state index contributed by atoms with van der Waals surface area (Å²) >= 11 is 0.647. The van der Waals surface area contributed by atoms with Crippen LogP contribution in [0, 0.1) is 11.6 Å². The van der Waals surface area contributed by atoms with Crippen molar-refractivity contribution in [1.82, 2.24) is 5.32 Å². The molecule has 0 fully saturated rings. The predicted molar refractivity (Wildman–Crippen MR) is 111 cm³/mol. The van der Waals surface area contributed by atoms with E-state index in [9.17, 15) is 28.0 Å². The van der Waals surface area contributed by atoms with Gasteiger partial charge >= 0.3 is 17.2 Å². The van der Waals surface area contributed by atoms with E-state index in [0.717, 1.165) is 13.2 Å². The molecule has 170 valence electrons. The second kappa shape index (κ2) is 11.2. The minimum Gasteiger partial charge on any atom is -0.480 e. The molecule has 32 heavy (non-hydrogen) atoms. The molecule has 0 saturated carbocycles. The van der Waals surface area contributed by atoms with Crippen molar-refractivity contribution in [1.29, 1.82) is 0 Å². The Labute approximate surface area is 185 Å². The van der Waals surface area contributed by atoms with E-state index in [-0.39, 0.29) is 34.6 Å². The van der Waals surface area contributed by atoms with Crippen LogP contribution in [-0.4, -0.2) is 47.2 Å². The van der Waals surface area contributed by atoms with Crippen molar-refractivity contribution >= 4 is 34.9 Å². The van der Waals surface area contributed by atoms with Crippen LogP contribution in [-0.2, 0) is 14.3 Å². The van der Waals surface area contributed by atoms with Crippen molar-refractivity contribution in [2.45, 2.75) is 19.4 Å². The maximum atomic E-state index is 14.1. The van der Waals surface area contributed by atoms with Crippen LogP contribution in [0.5, 0.6) is 5.75 Å². The molecule has 0 aromatic heterocycles. The van der Waals surface area contributed by atoms with Crippen molar-refractivity contribution in [3.05, 3.63) is 53.6 Å². The van der Waals surface area contributed by atoms with Crippen LogP contribution in [0.4, 0.5) is 13.6 Å². The van der Waals surface area contributed by atoms with E-state index in [1.807, 2.05) is 0 Å². The molecule has 2 aromatic carbocycles. The van der Waals surface area contributed by atoms with Crippen LogP contribution in [0.1, 0.15) is 23.7 Å². The number of halogens is 2. The summed E-state index contributed by atoms with van der Waals surface area (Å²) in [7, 11) is 1.11. The topological polar surface area (TPSA) is 119 Å². The molecule has 0 bridgehead atoms. The molecule has 0 saturated heterocycles. The summed E-state index contributed by atoms with van der Waals surface area (Å²) in [6.45, 7) is 1.17. The first-order valence-corrected chi connectivity index (χ1v) is 10.1. The second-order valence-corrected chi connectivity index (χ2v) is 7.44. The smallest absolute Gasteiger partial charge is 0.372 e. The van der Waals surface area contributed by atoms with Crippen molar-refractivity contribution in [2.24, 2.45) is 0 Å². The molecule has 2 rings (SSSR count). The fourth-order valence-electron chi connectivity index (χ4n) is 2.66. The fourth-order valence-corrected chi connectivity index (χ4v) is 3.33. The van der Waals surface area contributed by atoms with E-state index in [4.69, 9.17) is 9.84 Å². The molecule has 2 aromatic rings. The molecule has 0 heterocycles. The number of nitrogens with one attached hydrogen (secondary N) is 1. The Bertz CT molecular complexity index is 1040. The van der Waals surface area contributed by atoms with Gasteiger partial charge in [-0.2, -0.15) is 0 Å². The van der Waals surface area contributed by atoms with Gasteiger partial charge in [0.1, 0.15) is 29.0 Å². The summed E-state index contributed by atoms with van der Waals surface area (Å²) in [5, 5.41) is 10.5. The number of hydrogen-bond donors (Lipinski definition) is 2. The highest BCUT2D eigenvalue weighted by Gasteiger charge is 2.21. The molecule has 0 radical (unpaired) electrons. The third kappa shape index (κ3) is 6.77. The first-order valence-electron chi connectivity index (χ1n) is 9.14. The van der Waals surface area contributed by atoms with E-state index >= 15 is 0 Å². The number of amides is 1. The van der Waals surface area contributed by atoms with Crippen molar-refractivity contribution in [3.8, 4) is 16.9 Å². The monoisotopic (exact) mass is 467 g/mol. The van der Waals surface area contributed by atoms with Gasteiger partial charge in [0.25, 0.3) is 0 Å². The molecule has 11 heteroatoms. The number of thioether (sulfide) groups is 1. The van der Waals surface area contributed by atoms with Gasteiger partial charge in [0.15, 0.2) is 0 Å². The lowest BCUT2D eigenvalue weighted by atomic mass is 10.0. The summed E-state index contributed by atoms with van der Waals surface area (Å²) < 4.78 is 37.1. The number of benzene rings is 2. The highest BCUT2D eigenvalue weighted by Crippen LogP contribution is 2.30.